The zero-order valence-corrected chi connectivity index (χ0v) is 15.0. The van der Waals surface area contributed by atoms with Crippen molar-refractivity contribution in [3.05, 3.63) is 59.9 Å². The van der Waals surface area contributed by atoms with Crippen LogP contribution in [0.2, 0.25) is 0 Å². The van der Waals surface area contributed by atoms with Crippen molar-refractivity contribution in [1.29, 1.82) is 0 Å². The van der Waals surface area contributed by atoms with Gasteiger partial charge in [0.05, 0.1) is 0 Å². The smallest absolute Gasteiger partial charge is 0.274 e. The minimum atomic E-state index is -0.253. The van der Waals surface area contributed by atoms with Gasteiger partial charge in [0.25, 0.3) is 5.91 Å². The molecule has 7 nitrogen and oxygen atoms in total. The molecule has 128 valence electrons. The largest absolute Gasteiger partial charge is 0.321 e. The van der Waals surface area contributed by atoms with Crippen LogP contribution < -0.4 is 5.32 Å². The third-order valence-electron chi connectivity index (χ3n) is 3.57. The SMILES string of the molecule is Cc1nccc(C(=O)Nc2cccc([C@H](C)Sc3nncn3C)c2)n1. The first kappa shape index (κ1) is 17.1. The van der Waals surface area contributed by atoms with Gasteiger partial charge in [0, 0.05) is 24.2 Å². The van der Waals surface area contributed by atoms with Crippen LogP contribution >= 0.6 is 11.8 Å². The zero-order valence-electron chi connectivity index (χ0n) is 14.2. The van der Waals surface area contributed by atoms with E-state index in [2.05, 4.69) is 32.4 Å². The Bertz CT molecular complexity index is 894. The van der Waals surface area contributed by atoms with Crippen LogP contribution in [0.25, 0.3) is 0 Å². The van der Waals surface area contributed by atoms with E-state index in [1.807, 2.05) is 35.9 Å². The average molecular weight is 354 g/mol. The molecule has 0 aliphatic heterocycles. The Morgan fingerprint density at radius 1 is 1.32 bits per heavy atom. The fraction of sp³-hybridized carbons (Fsp3) is 0.235. The summed E-state index contributed by atoms with van der Waals surface area (Å²) in [4.78, 5) is 20.5. The van der Waals surface area contributed by atoms with E-state index in [0.29, 0.717) is 11.5 Å². The molecule has 1 N–H and O–H groups in total. The highest BCUT2D eigenvalue weighted by atomic mass is 32.2. The van der Waals surface area contributed by atoms with Gasteiger partial charge in [-0.05, 0) is 37.6 Å². The number of carbonyl (C=O) groups is 1. The van der Waals surface area contributed by atoms with Crippen LogP contribution in [0.1, 0.15) is 34.0 Å². The Balaban J connectivity index is 1.73. The first-order chi connectivity index (χ1) is 12.0. The third kappa shape index (κ3) is 4.21. The summed E-state index contributed by atoms with van der Waals surface area (Å²) in [7, 11) is 1.91. The quantitative estimate of drug-likeness (QED) is 0.709. The van der Waals surface area contributed by atoms with Gasteiger partial charge in [-0.15, -0.1) is 10.2 Å². The summed E-state index contributed by atoms with van der Waals surface area (Å²) in [6.07, 6.45) is 3.25. The first-order valence-corrected chi connectivity index (χ1v) is 8.62. The van der Waals surface area contributed by atoms with Crippen LogP contribution in [0, 0.1) is 6.92 Å². The lowest BCUT2D eigenvalue weighted by Gasteiger charge is -2.13. The summed E-state index contributed by atoms with van der Waals surface area (Å²) in [5, 5.41) is 11.9. The van der Waals surface area contributed by atoms with Gasteiger partial charge in [0.2, 0.25) is 0 Å². The van der Waals surface area contributed by atoms with E-state index < -0.39 is 0 Å². The lowest BCUT2D eigenvalue weighted by Crippen LogP contribution is -2.14. The topological polar surface area (TPSA) is 85.6 Å². The highest BCUT2D eigenvalue weighted by molar-refractivity contribution is 7.99. The molecule has 0 unspecified atom stereocenters. The molecule has 3 aromatic rings. The lowest BCUT2D eigenvalue weighted by molar-refractivity contribution is 0.102. The maximum atomic E-state index is 12.3. The third-order valence-corrected chi connectivity index (χ3v) is 4.78. The normalized spacial score (nSPS) is 12.0. The van der Waals surface area contributed by atoms with Gasteiger partial charge in [0.15, 0.2) is 5.16 Å². The molecule has 25 heavy (non-hydrogen) atoms. The number of carbonyl (C=O) groups excluding carboxylic acids is 1. The number of aromatic nitrogens is 5. The molecule has 0 radical (unpaired) electrons. The number of anilines is 1. The summed E-state index contributed by atoms with van der Waals surface area (Å²) < 4.78 is 1.88. The molecule has 8 heteroatoms. The summed E-state index contributed by atoms with van der Waals surface area (Å²) >= 11 is 1.61. The number of rotatable bonds is 5. The van der Waals surface area contributed by atoms with Crippen LogP contribution in [0.5, 0.6) is 0 Å². The number of hydrogen-bond donors (Lipinski definition) is 1. The van der Waals surface area contributed by atoms with Gasteiger partial charge in [0.1, 0.15) is 17.8 Å². The van der Waals surface area contributed by atoms with E-state index in [4.69, 9.17) is 0 Å². The van der Waals surface area contributed by atoms with Gasteiger partial charge in [-0.25, -0.2) is 9.97 Å². The molecule has 3 rings (SSSR count). The number of hydrogen-bond acceptors (Lipinski definition) is 6. The highest BCUT2D eigenvalue weighted by Gasteiger charge is 2.13. The number of nitrogens with one attached hydrogen (secondary N) is 1. The van der Waals surface area contributed by atoms with Gasteiger partial charge < -0.3 is 9.88 Å². The minimum Gasteiger partial charge on any atom is -0.321 e. The summed E-state index contributed by atoms with van der Waals surface area (Å²) in [6, 6.07) is 9.36. The van der Waals surface area contributed by atoms with Gasteiger partial charge in [-0.3, -0.25) is 4.79 Å². The minimum absolute atomic E-state index is 0.168. The van der Waals surface area contributed by atoms with Crippen molar-refractivity contribution in [2.24, 2.45) is 7.05 Å². The molecule has 0 aliphatic rings. The van der Waals surface area contributed by atoms with Crippen molar-refractivity contribution in [3.8, 4) is 0 Å². The monoisotopic (exact) mass is 354 g/mol. The summed E-state index contributed by atoms with van der Waals surface area (Å²) in [6.45, 7) is 3.84. The Labute approximate surface area is 149 Å². The van der Waals surface area contributed by atoms with Gasteiger partial charge in [-0.2, -0.15) is 0 Å². The maximum Gasteiger partial charge on any atom is 0.274 e. The van der Waals surface area contributed by atoms with Crippen LogP contribution in [0.4, 0.5) is 5.69 Å². The molecule has 0 fully saturated rings. The van der Waals surface area contributed by atoms with Crippen molar-refractivity contribution in [1.82, 2.24) is 24.7 Å². The molecule has 1 amide bonds. The number of nitrogens with zero attached hydrogens (tertiary/aromatic N) is 5. The fourth-order valence-electron chi connectivity index (χ4n) is 2.25. The predicted molar refractivity (Wildman–Crippen MR) is 96.4 cm³/mol. The predicted octanol–water partition coefficient (Wildman–Crippen LogP) is 3.02. The lowest BCUT2D eigenvalue weighted by atomic mass is 10.1. The molecule has 0 saturated carbocycles. The molecule has 1 atom stereocenters. The maximum absolute atomic E-state index is 12.3. The Morgan fingerprint density at radius 3 is 2.88 bits per heavy atom. The van der Waals surface area contributed by atoms with Crippen LogP contribution in [-0.4, -0.2) is 30.6 Å². The fourth-order valence-corrected chi connectivity index (χ4v) is 3.16. The van der Waals surface area contributed by atoms with Crippen molar-refractivity contribution in [2.75, 3.05) is 5.32 Å². The molecule has 0 saturated heterocycles. The van der Waals surface area contributed by atoms with E-state index in [0.717, 1.165) is 16.4 Å². The van der Waals surface area contributed by atoms with Crippen LogP contribution in [-0.2, 0) is 7.05 Å². The van der Waals surface area contributed by atoms with Crippen molar-refractivity contribution in [3.63, 3.8) is 0 Å². The number of aryl methyl sites for hydroxylation is 2. The van der Waals surface area contributed by atoms with E-state index in [-0.39, 0.29) is 11.2 Å². The Kier molecular flexibility index (Phi) is 5.08. The second-order valence-electron chi connectivity index (χ2n) is 5.55. The molecule has 2 heterocycles. The van der Waals surface area contributed by atoms with Crippen molar-refractivity contribution < 1.29 is 4.79 Å². The summed E-state index contributed by atoms with van der Waals surface area (Å²) in [5.74, 6) is 0.311. The molecule has 0 aliphatic carbocycles. The number of amides is 1. The van der Waals surface area contributed by atoms with Crippen LogP contribution in [0.15, 0.2) is 48.0 Å². The number of thioether (sulfide) groups is 1. The average Bonchev–Trinajstić information content (AvgIpc) is 3.00. The highest BCUT2D eigenvalue weighted by Crippen LogP contribution is 2.34. The van der Waals surface area contributed by atoms with Gasteiger partial charge >= 0.3 is 0 Å². The Morgan fingerprint density at radius 2 is 2.16 bits per heavy atom. The van der Waals surface area contributed by atoms with Gasteiger partial charge in [-0.1, -0.05) is 23.9 Å². The molecular formula is C17H18N6OS. The van der Waals surface area contributed by atoms with E-state index in [9.17, 15) is 4.79 Å². The summed E-state index contributed by atoms with van der Waals surface area (Å²) in [5.41, 5.74) is 2.16. The number of benzene rings is 1. The van der Waals surface area contributed by atoms with E-state index in [1.54, 1.807) is 37.3 Å². The molecular weight excluding hydrogens is 336 g/mol. The molecule has 0 bridgehead atoms. The zero-order chi connectivity index (χ0) is 17.8. The Hall–Kier alpha value is -2.74. The first-order valence-electron chi connectivity index (χ1n) is 7.74. The standard InChI is InChI=1S/C17H18N6OS/c1-11(25-17-22-19-10-23(17)3)13-5-4-6-14(9-13)21-16(24)15-7-8-18-12(2)20-15/h4-11H,1-3H3,(H,21,24)/t11-/m0/s1. The molecule has 1 aromatic carbocycles. The van der Waals surface area contributed by atoms with E-state index in [1.165, 1.54) is 0 Å². The second kappa shape index (κ2) is 7.43. The second-order valence-corrected chi connectivity index (χ2v) is 6.86. The van der Waals surface area contributed by atoms with E-state index >= 15 is 0 Å². The van der Waals surface area contributed by atoms with Crippen LogP contribution in [0.3, 0.4) is 0 Å². The van der Waals surface area contributed by atoms with Crippen molar-refractivity contribution in [2.45, 2.75) is 24.3 Å². The van der Waals surface area contributed by atoms with Crippen molar-refractivity contribution >= 4 is 23.4 Å². The molecule has 0 spiro atoms. The molecule has 2 aromatic heterocycles.